The maximum Gasteiger partial charge on any atom is 0.253 e. The van der Waals surface area contributed by atoms with E-state index in [0.717, 1.165) is 5.56 Å². The standard InChI is InChI=1S/C11H13Cl2NO/c1-8-7-9(3-4-10(8)13)11(15)14(2)6-5-12/h3-4,7H,5-6H2,1-2H3. The van der Waals surface area contributed by atoms with Crippen molar-refractivity contribution in [3.05, 3.63) is 34.3 Å². The number of carbonyl (C=O) groups excluding carboxylic acids is 1. The maximum absolute atomic E-state index is 11.8. The Morgan fingerprint density at radius 1 is 1.47 bits per heavy atom. The van der Waals surface area contributed by atoms with Gasteiger partial charge in [-0.3, -0.25) is 4.79 Å². The van der Waals surface area contributed by atoms with Crippen molar-refractivity contribution in [1.82, 2.24) is 4.90 Å². The number of alkyl halides is 1. The highest BCUT2D eigenvalue weighted by Gasteiger charge is 2.11. The molecule has 0 aliphatic heterocycles. The second-order valence-corrected chi connectivity index (χ2v) is 4.16. The minimum atomic E-state index is -0.0320. The predicted octanol–water partition coefficient (Wildman–Crippen LogP) is 2.96. The Hall–Kier alpha value is -0.730. The van der Waals surface area contributed by atoms with Crippen LogP contribution in [-0.4, -0.2) is 30.3 Å². The first-order valence-corrected chi connectivity index (χ1v) is 5.55. The summed E-state index contributed by atoms with van der Waals surface area (Å²) in [6, 6.07) is 5.25. The molecule has 0 N–H and O–H groups in total. The van der Waals surface area contributed by atoms with Crippen LogP contribution in [0.25, 0.3) is 0 Å². The minimum Gasteiger partial charge on any atom is -0.341 e. The first-order chi connectivity index (χ1) is 7.06. The van der Waals surface area contributed by atoms with Gasteiger partial charge in [0.2, 0.25) is 0 Å². The largest absolute Gasteiger partial charge is 0.341 e. The minimum absolute atomic E-state index is 0.0320. The van der Waals surface area contributed by atoms with Crippen LogP contribution >= 0.6 is 23.2 Å². The number of benzene rings is 1. The molecule has 0 aliphatic carbocycles. The Kier molecular flexibility index (Phi) is 4.43. The molecule has 0 aliphatic rings. The summed E-state index contributed by atoms with van der Waals surface area (Å²) in [5.74, 6) is 0.407. The van der Waals surface area contributed by atoms with Gasteiger partial charge in [-0.1, -0.05) is 11.6 Å². The molecule has 0 fully saturated rings. The van der Waals surface area contributed by atoms with E-state index in [1.54, 1.807) is 30.1 Å². The molecule has 0 saturated carbocycles. The number of halogens is 2. The fourth-order valence-electron chi connectivity index (χ4n) is 1.23. The highest BCUT2D eigenvalue weighted by atomic mass is 35.5. The van der Waals surface area contributed by atoms with Crippen molar-refractivity contribution in [2.45, 2.75) is 6.92 Å². The number of rotatable bonds is 3. The fraction of sp³-hybridized carbons (Fsp3) is 0.364. The van der Waals surface area contributed by atoms with Gasteiger partial charge in [0, 0.05) is 30.1 Å². The summed E-state index contributed by atoms with van der Waals surface area (Å²) >= 11 is 11.4. The summed E-state index contributed by atoms with van der Waals surface area (Å²) < 4.78 is 0. The molecule has 0 saturated heterocycles. The maximum atomic E-state index is 11.8. The molecule has 0 spiro atoms. The van der Waals surface area contributed by atoms with E-state index < -0.39 is 0 Å². The van der Waals surface area contributed by atoms with Crippen molar-refractivity contribution in [2.24, 2.45) is 0 Å². The second-order valence-electron chi connectivity index (χ2n) is 3.38. The first-order valence-electron chi connectivity index (χ1n) is 4.64. The van der Waals surface area contributed by atoms with Crippen LogP contribution < -0.4 is 0 Å². The van der Waals surface area contributed by atoms with Crippen molar-refractivity contribution >= 4 is 29.1 Å². The number of hydrogen-bond donors (Lipinski definition) is 0. The van der Waals surface area contributed by atoms with Crippen molar-refractivity contribution in [3.63, 3.8) is 0 Å². The molecular weight excluding hydrogens is 233 g/mol. The Balaban J connectivity index is 2.87. The summed E-state index contributed by atoms with van der Waals surface area (Å²) in [4.78, 5) is 13.4. The smallest absolute Gasteiger partial charge is 0.253 e. The van der Waals surface area contributed by atoms with Gasteiger partial charge in [0.15, 0.2) is 0 Å². The quantitative estimate of drug-likeness (QED) is 0.751. The average Bonchev–Trinajstić information content (AvgIpc) is 2.21. The zero-order valence-electron chi connectivity index (χ0n) is 8.76. The van der Waals surface area contributed by atoms with E-state index in [-0.39, 0.29) is 5.91 Å². The summed E-state index contributed by atoms with van der Waals surface area (Å²) in [6.07, 6.45) is 0. The Bertz CT molecular complexity index is 366. The van der Waals surface area contributed by atoms with Gasteiger partial charge in [-0.15, -0.1) is 11.6 Å². The van der Waals surface area contributed by atoms with Crippen LogP contribution in [0.3, 0.4) is 0 Å². The highest BCUT2D eigenvalue weighted by Crippen LogP contribution is 2.17. The molecule has 0 heterocycles. The van der Waals surface area contributed by atoms with E-state index in [0.29, 0.717) is 23.0 Å². The molecular formula is C11H13Cl2NO. The lowest BCUT2D eigenvalue weighted by Crippen LogP contribution is -2.28. The summed E-state index contributed by atoms with van der Waals surface area (Å²) in [5.41, 5.74) is 1.55. The third-order valence-electron chi connectivity index (χ3n) is 2.17. The number of aryl methyl sites for hydroxylation is 1. The Morgan fingerprint density at radius 3 is 2.67 bits per heavy atom. The van der Waals surface area contributed by atoms with E-state index in [1.165, 1.54) is 0 Å². The lowest BCUT2D eigenvalue weighted by Gasteiger charge is -2.15. The predicted molar refractivity (Wildman–Crippen MR) is 63.9 cm³/mol. The summed E-state index contributed by atoms with van der Waals surface area (Å²) in [5, 5.41) is 0.673. The van der Waals surface area contributed by atoms with E-state index in [4.69, 9.17) is 23.2 Å². The van der Waals surface area contributed by atoms with Crippen molar-refractivity contribution in [2.75, 3.05) is 19.5 Å². The van der Waals surface area contributed by atoms with E-state index in [1.807, 2.05) is 6.92 Å². The molecule has 1 rings (SSSR count). The van der Waals surface area contributed by atoms with Crippen LogP contribution in [0.4, 0.5) is 0 Å². The van der Waals surface area contributed by atoms with E-state index >= 15 is 0 Å². The van der Waals surface area contributed by atoms with Crippen LogP contribution in [0.2, 0.25) is 5.02 Å². The molecule has 0 unspecified atom stereocenters. The van der Waals surface area contributed by atoms with E-state index in [2.05, 4.69) is 0 Å². The molecule has 15 heavy (non-hydrogen) atoms. The first kappa shape index (κ1) is 12.3. The topological polar surface area (TPSA) is 20.3 Å². The molecule has 0 radical (unpaired) electrons. The molecule has 82 valence electrons. The third kappa shape index (κ3) is 3.11. The Morgan fingerprint density at radius 2 is 2.13 bits per heavy atom. The van der Waals surface area contributed by atoms with Crippen molar-refractivity contribution < 1.29 is 4.79 Å². The van der Waals surface area contributed by atoms with Gasteiger partial charge in [0.25, 0.3) is 5.91 Å². The number of amides is 1. The van der Waals surface area contributed by atoms with Crippen LogP contribution in [0.15, 0.2) is 18.2 Å². The second kappa shape index (κ2) is 5.38. The van der Waals surface area contributed by atoms with E-state index in [9.17, 15) is 4.79 Å². The molecule has 0 atom stereocenters. The van der Waals surface area contributed by atoms with Gasteiger partial charge in [0.1, 0.15) is 0 Å². The van der Waals surface area contributed by atoms with Crippen molar-refractivity contribution in [3.8, 4) is 0 Å². The van der Waals surface area contributed by atoms with Crippen LogP contribution in [0.5, 0.6) is 0 Å². The van der Waals surface area contributed by atoms with Gasteiger partial charge in [-0.05, 0) is 30.7 Å². The number of hydrogen-bond acceptors (Lipinski definition) is 1. The van der Waals surface area contributed by atoms with Gasteiger partial charge < -0.3 is 4.90 Å². The normalized spacial score (nSPS) is 10.1. The third-order valence-corrected chi connectivity index (χ3v) is 2.76. The molecule has 0 bridgehead atoms. The molecule has 0 aromatic heterocycles. The lowest BCUT2D eigenvalue weighted by atomic mass is 10.1. The molecule has 4 heteroatoms. The Labute approximate surface area is 99.8 Å². The zero-order valence-corrected chi connectivity index (χ0v) is 10.3. The number of nitrogens with zero attached hydrogens (tertiary/aromatic N) is 1. The lowest BCUT2D eigenvalue weighted by molar-refractivity contribution is 0.0803. The monoisotopic (exact) mass is 245 g/mol. The molecule has 2 nitrogen and oxygen atoms in total. The van der Waals surface area contributed by atoms with Gasteiger partial charge in [0.05, 0.1) is 0 Å². The highest BCUT2D eigenvalue weighted by molar-refractivity contribution is 6.31. The van der Waals surface area contributed by atoms with Crippen molar-refractivity contribution in [1.29, 1.82) is 0 Å². The van der Waals surface area contributed by atoms with Crippen LogP contribution in [0.1, 0.15) is 15.9 Å². The van der Waals surface area contributed by atoms with Gasteiger partial charge >= 0.3 is 0 Å². The van der Waals surface area contributed by atoms with Crippen LogP contribution in [0, 0.1) is 6.92 Å². The fourth-order valence-corrected chi connectivity index (χ4v) is 1.60. The summed E-state index contributed by atoms with van der Waals surface area (Å²) in [6.45, 7) is 2.42. The zero-order chi connectivity index (χ0) is 11.4. The molecule has 1 aromatic carbocycles. The van der Waals surface area contributed by atoms with Gasteiger partial charge in [-0.25, -0.2) is 0 Å². The molecule has 1 aromatic rings. The summed E-state index contributed by atoms with van der Waals surface area (Å²) in [7, 11) is 1.73. The van der Waals surface area contributed by atoms with Crippen LogP contribution in [-0.2, 0) is 0 Å². The average molecular weight is 246 g/mol. The SMILES string of the molecule is Cc1cc(C(=O)N(C)CCCl)ccc1Cl. The number of carbonyl (C=O) groups is 1. The van der Waals surface area contributed by atoms with Gasteiger partial charge in [-0.2, -0.15) is 0 Å². The molecule has 1 amide bonds.